The number of rotatable bonds is 4. The molecular formula is C15H10ClF5N4. The Labute approximate surface area is 143 Å². The monoisotopic (exact) mass is 376 g/mol. The zero-order valence-corrected chi connectivity index (χ0v) is 13.2. The van der Waals surface area contributed by atoms with Gasteiger partial charge in [0.05, 0.1) is 29.8 Å². The fraction of sp³-hybridized carbons (Fsp3) is 0.200. The standard InChI is InChI=1S/C15H10ClF5N4/c16-14-11(19)2-9(6-23-14)25-8(4-13(24-25)15(20)21)3-12-10(18)1-7(17)5-22-12/h1-2,4,6,15,22H,3,5H2. The maximum Gasteiger partial charge on any atom is 0.282 e. The molecule has 0 unspecified atom stereocenters. The Balaban J connectivity index is 2.03. The molecule has 10 heteroatoms. The van der Waals surface area contributed by atoms with Gasteiger partial charge >= 0.3 is 0 Å². The lowest BCUT2D eigenvalue weighted by Crippen LogP contribution is -2.22. The van der Waals surface area contributed by atoms with E-state index < -0.39 is 29.6 Å². The van der Waals surface area contributed by atoms with Gasteiger partial charge in [-0.15, -0.1) is 0 Å². The van der Waals surface area contributed by atoms with Crippen LogP contribution < -0.4 is 5.32 Å². The van der Waals surface area contributed by atoms with Crippen LogP contribution in [-0.4, -0.2) is 21.3 Å². The summed E-state index contributed by atoms with van der Waals surface area (Å²) in [5.41, 5.74) is -0.371. The molecule has 0 amide bonds. The molecule has 3 rings (SSSR count). The highest BCUT2D eigenvalue weighted by Gasteiger charge is 2.21. The van der Waals surface area contributed by atoms with Gasteiger partial charge in [0, 0.05) is 18.6 Å². The number of hydrogen-bond acceptors (Lipinski definition) is 3. The third-order valence-corrected chi connectivity index (χ3v) is 3.73. The van der Waals surface area contributed by atoms with Crippen LogP contribution in [0.15, 0.2) is 41.8 Å². The maximum atomic E-state index is 13.8. The summed E-state index contributed by atoms with van der Waals surface area (Å²) in [4.78, 5) is 3.60. The Bertz CT molecular complexity index is 875. The second kappa shape index (κ2) is 6.83. The Morgan fingerprint density at radius 1 is 1.24 bits per heavy atom. The molecule has 0 fully saturated rings. The summed E-state index contributed by atoms with van der Waals surface area (Å²) in [6.45, 7) is -0.213. The zero-order valence-electron chi connectivity index (χ0n) is 12.4. The van der Waals surface area contributed by atoms with E-state index in [1.807, 2.05) is 0 Å². The summed E-state index contributed by atoms with van der Waals surface area (Å²) in [5.74, 6) is -2.40. The van der Waals surface area contributed by atoms with Gasteiger partial charge < -0.3 is 5.32 Å². The van der Waals surface area contributed by atoms with Gasteiger partial charge in [0.15, 0.2) is 11.0 Å². The van der Waals surface area contributed by atoms with E-state index in [0.29, 0.717) is 6.08 Å². The van der Waals surface area contributed by atoms with Crippen LogP contribution in [0.5, 0.6) is 0 Å². The van der Waals surface area contributed by atoms with Crippen LogP contribution in [0.25, 0.3) is 5.69 Å². The summed E-state index contributed by atoms with van der Waals surface area (Å²) in [6, 6.07) is 2.04. The lowest BCUT2D eigenvalue weighted by Gasteiger charge is -2.15. The van der Waals surface area contributed by atoms with Gasteiger partial charge in [0.1, 0.15) is 17.3 Å². The summed E-state index contributed by atoms with van der Waals surface area (Å²) >= 11 is 5.51. The number of allylic oxidation sites excluding steroid dienone is 3. The van der Waals surface area contributed by atoms with E-state index in [9.17, 15) is 22.0 Å². The molecule has 3 heterocycles. The third-order valence-electron chi connectivity index (χ3n) is 3.45. The Kier molecular flexibility index (Phi) is 4.76. The van der Waals surface area contributed by atoms with Crippen LogP contribution >= 0.6 is 11.6 Å². The van der Waals surface area contributed by atoms with Crippen LogP contribution in [0.2, 0.25) is 5.15 Å². The molecular weight excluding hydrogens is 367 g/mol. The van der Waals surface area contributed by atoms with Crippen molar-refractivity contribution in [2.45, 2.75) is 12.8 Å². The largest absolute Gasteiger partial charge is 0.379 e. The maximum absolute atomic E-state index is 13.8. The predicted molar refractivity (Wildman–Crippen MR) is 80.3 cm³/mol. The van der Waals surface area contributed by atoms with Gasteiger partial charge in [-0.25, -0.2) is 31.6 Å². The molecule has 2 aromatic heterocycles. The molecule has 0 atom stereocenters. The second-order valence-corrected chi connectivity index (χ2v) is 5.55. The first-order valence-corrected chi connectivity index (χ1v) is 7.40. The second-order valence-electron chi connectivity index (χ2n) is 5.19. The van der Waals surface area contributed by atoms with E-state index in [-0.39, 0.29) is 35.2 Å². The normalized spacial score (nSPS) is 14.8. The number of hydrogen-bond donors (Lipinski definition) is 1. The highest BCUT2D eigenvalue weighted by Crippen LogP contribution is 2.25. The minimum atomic E-state index is -2.87. The first-order valence-electron chi connectivity index (χ1n) is 7.02. The third kappa shape index (κ3) is 3.65. The number of pyridine rings is 1. The molecule has 1 aliphatic rings. The molecule has 1 aliphatic heterocycles. The van der Waals surface area contributed by atoms with Crippen molar-refractivity contribution in [1.82, 2.24) is 20.1 Å². The minimum absolute atomic E-state index is 0.00533. The van der Waals surface area contributed by atoms with Gasteiger partial charge in [-0.2, -0.15) is 5.10 Å². The number of halogens is 6. The van der Waals surface area contributed by atoms with Crippen molar-refractivity contribution >= 4 is 11.6 Å². The van der Waals surface area contributed by atoms with Crippen molar-refractivity contribution in [3.8, 4) is 5.69 Å². The SMILES string of the molecule is FC1=CC(F)=C(Cc2cc(C(F)F)nn2-c2cnc(Cl)c(F)c2)NC1. The molecule has 0 saturated heterocycles. The van der Waals surface area contributed by atoms with Crippen LogP contribution in [0, 0.1) is 5.82 Å². The van der Waals surface area contributed by atoms with Crippen molar-refractivity contribution in [3.63, 3.8) is 0 Å². The molecule has 2 aromatic rings. The zero-order chi connectivity index (χ0) is 18.1. The minimum Gasteiger partial charge on any atom is -0.379 e. The topological polar surface area (TPSA) is 42.7 Å². The van der Waals surface area contributed by atoms with Crippen LogP contribution in [0.4, 0.5) is 22.0 Å². The summed E-state index contributed by atoms with van der Waals surface area (Å²) in [5, 5.41) is 5.86. The highest BCUT2D eigenvalue weighted by molar-refractivity contribution is 6.29. The van der Waals surface area contributed by atoms with Gasteiger partial charge in [0.2, 0.25) is 0 Å². The number of nitrogens with zero attached hydrogens (tertiary/aromatic N) is 3. The van der Waals surface area contributed by atoms with E-state index in [0.717, 1.165) is 23.0 Å². The number of alkyl halides is 2. The quantitative estimate of drug-likeness (QED) is 0.643. The molecule has 25 heavy (non-hydrogen) atoms. The summed E-state index contributed by atoms with van der Waals surface area (Å²) in [6.07, 6.45) is -1.19. The molecule has 0 bridgehead atoms. The Hall–Kier alpha value is -2.42. The smallest absolute Gasteiger partial charge is 0.282 e. The molecule has 4 nitrogen and oxygen atoms in total. The summed E-state index contributed by atoms with van der Waals surface area (Å²) < 4.78 is 67.4. The van der Waals surface area contributed by atoms with Gasteiger partial charge in [-0.05, 0) is 6.07 Å². The molecule has 0 spiro atoms. The summed E-state index contributed by atoms with van der Waals surface area (Å²) in [7, 11) is 0. The average Bonchev–Trinajstić information content (AvgIpc) is 2.97. The molecule has 0 radical (unpaired) electrons. The predicted octanol–water partition coefficient (Wildman–Crippen LogP) is 4.18. The van der Waals surface area contributed by atoms with Gasteiger partial charge in [0.25, 0.3) is 6.43 Å². The highest BCUT2D eigenvalue weighted by atomic mass is 35.5. The Morgan fingerprint density at radius 3 is 2.64 bits per heavy atom. The number of nitrogens with one attached hydrogen (secondary N) is 1. The van der Waals surface area contributed by atoms with E-state index in [4.69, 9.17) is 11.6 Å². The fourth-order valence-electron chi connectivity index (χ4n) is 2.30. The van der Waals surface area contributed by atoms with Crippen molar-refractivity contribution in [1.29, 1.82) is 0 Å². The Morgan fingerprint density at radius 2 is 2.00 bits per heavy atom. The van der Waals surface area contributed by atoms with Gasteiger partial charge in [-0.3, -0.25) is 0 Å². The molecule has 0 saturated carbocycles. The van der Waals surface area contributed by atoms with E-state index >= 15 is 0 Å². The molecule has 0 aromatic carbocycles. The lowest BCUT2D eigenvalue weighted by molar-refractivity contribution is 0.145. The van der Waals surface area contributed by atoms with E-state index in [2.05, 4.69) is 15.4 Å². The first-order chi connectivity index (χ1) is 11.8. The van der Waals surface area contributed by atoms with E-state index in [1.54, 1.807) is 0 Å². The van der Waals surface area contributed by atoms with Crippen molar-refractivity contribution in [2.24, 2.45) is 0 Å². The average molecular weight is 377 g/mol. The molecule has 132 valence electrons. The number of aromatic nitrogens is 3. The van der Waals surface area contributed by atoms with Crippen LogP contribution in [-0.2, 0) is 6.42 Å². The molecule has 0 aliphatic carbocycles. The van der Waals surface area contributed by atoms with Crippen molar-refractivity contribution in [3.05, 3.63) is 64.1 Å². The number of dihydropyridines is 1. The molecule has 1 N–H and O–H groups in total. The van der Waals surface area contributed by atoms with E-state index in [1.165, 1.54) is 0 Å². The lowest BCUT2D eigenvalue weighted by atomic mass is 10.1. The van der Waals surface area contributed by atoms with Crippen LogP contribution in [0.1, 0.15) is 17.8 Å². The van der Waals surface area contributed by atoms with Crippen LogP contribution in [0.3, 0.4) is 0 Å². The van der Waals surface area contributed by atoms with Crippen molar-refractivity contribution < 1.29 is 22.0 Å². The first kappa shape index (κ1) is 17.4. The fourth-order valence-corrected chi connectivity index (χ4v) is 2.41. The van der Waals surface area contributed by atoms with Gasteiger partial charge in [-0.1, -0.05) is 11.6 Å². The van der Waals surface area contributed by atoms with Crippen molar-refractivity contribution in [2.75, 3.05) is 6.54 Å².